The molecular formula is C8H9NO. The Morgan fingerprint density at radius 2 is 2.40 bits per heavy atom. The molecule has 0 aromatic carbocycles. The highest BCUT2D eigenvalue weighted by Crippen LogP contribution is 2.28. The Bertz CT molecular complexity index is 243. The van der Waals surface area contributed by atoms with Gasteiger partial charge in [0.2, 0.25) is 0 Å². The molecule has 0 aliphatic carbocycles. The zero-order chi connectivity index (χ0) is 6.97. The highest BCUT2D eigenvalue weighted by molar-refractivity contribution is 5.21. The van der Waals surface area contributed by atoms with Gasteiger partial charge >= 0.3 is 0 Å². The monoisotopic (exact) mass is 135 g/mol. The summed E-state index contributed by atoms with van der Waals surface area (Å²) in [5.74, 6) is 0. The first-order valence-electron chi connectivity index (χ1n) is 3.39. The van der Waals surface area contributed by atoms with Gasteiger partial charge in [-0.25, -0.2) is 0 Å². The summed E-state index contributed by atoms with van der Waals surface area (Å²) in [7, 11) is 0. The van der Waals surface area contributed by atoms with E-state index in [0.717, 1.165) is 6.61 Å². The van der Waals surface area contributed by atoms with Gasteiger partial charge in [0.1, 0.15) is 6.10 Å². The van der Waals surface area contributed by atoms with Crippen molar-refractivity contribution in [3.8, 4) is 0 Å². The Hall–Kier alpha value is -0.890. The molecule has 0 bridgehead atoms. The van der Waals surface area contributed by atoms with Crippen LogP contribution < -0.4 is 0 Å². The van der Waals surface area contributed by atoms with Crippen LogP contribution in [0.2, 0.25) is 0 Å². The number of epoxide rings is 1. The molecule has 2 rings (SSSR count). The fraction of sp³-hybridized carbons (Fsp3) is 0.375. The molecule has 2 heteroatoms. The van der Waals surface area contributed by atoms with Crippen LogP contribution in [-0.4, -0.2) is 11.6 Å². The molecule has 10 heavy (non-hydrogen) atoms. The molecule has 0 saturated carbocycles. The van der Waals surface area contributed by atoms with E-state index < -0.39 is 0 Å². The van der Waals surface area contributed by atoms with Crippen molar-refractivity contribution in [2.45, 2.75) is 13.0 Å². The minimum Gasteiger partial charge on any atom is -0.368 e. The van der Waals surface area contributed by atoms with Gasteiger partial charge in [-0.3, -0.25) is 4.98 Å². The van der Waals surface area contributed by atoms with Crippen molar-refractivity contribution in [2.75, 3.05) is 6.61 Å². The molecule has 1 fully saturated rings. The molecule has 0 N–H and O–H groups in total. The predicted molar refractivity (Wildman–Crippen MR) is 37.7 cm³/mol. The van der Waals surface area contributed by atoms with Crippen LogP contribution in [0.5, 0.6) is 0 Å². The smallest absolute Gasteiger partial charge is 0.107 e. The lowest BCUT2D eigenvalue weighted by Gasteiger charge is -1.94. The molecule has 52 valence electrons. The molecule has 1 aromatic heterocycles. The number of hydrogen-bond donors (Lipinski definition) is 0. The Morgan fingerprint density at radius 1 is 1.60 bits per heavy atom. The first kappa shape index (κ1) is 5.86. The number of hydrogen-bond acceptors (Lipinski definition) is 2. The summed E-state index contributed by atoms with van der Waals surface area (Å²) in [6.45, 7) is 2.91. The molecule has 1 aromatic rings. The van der Waals surface area contributed by atoms with Crippen molar-refractivity contribution in [1.29, 1.82) is 0 Å². The van der Waals surface area contributed by atoms with Crippen LogP contribution in [0.1, 0.15) is 17.2 Å². The molecule has 0 spiro atoms. The van der Waals surface area contributed by atoms with Crippen molar-refractivity contribution < 1.29 is 4.74 Å². The summed E-state index contributed by atoms with van der Waals surface area (Å²) < 4.78 is 5.11. The first-order valence-corrected chi connectivity index (χ1v) is 3.39. The maximum atomic E-state index is 5.11. The van der Waals surface area contributed by atoms with Crippen LogP contribution in [0.15, 0.2) is 18.5 Å². The van der Waals surface area contributed by atoms with Crippen molar-refractivity contribution in [1.82, 2.24) is 4.98 Å². The van der Waals surface area contributed by atoms with Gasteiger partial charge in [0.15, 0.2) is 0 Å². The number of aromatic nitrogens is 1. The quantitative estimate of drug-likeness (QED) is 0.545. The van der Waals surface area contributed by atoms with Crippen LogP contribution in [0, 0.1) is 6.92 Å². The average molecular weight is 135 g/mol. The summed E-state index contributed by atoms with van der Waals surface area (Å²) >= 11 is 0. The molecule has 1 atom stereocenters. The first-order chi connectivity index (χ1) is 4.86. The van der Waals surface area contributed by atoms with E-state index in [1.807, 2.05) is 19.3 Å². The van der Waals surface area contributed by atoms with E-state index in [1.165, 1.54) is 11.1 Å². The molecule has 2 nitrogen and oxygen atoms in total. The summed E-state index contributed by atoms with van der Waals surface area (Å²) in [4.78, 5) is 4.07. The fourth-order valence-electron chi connectivity index (χ4n) is 0.995. The summed E-state index contributed by atoms with van der Waals surface area (Å²) in [6.07, 6.45) is 4.06. The second kappa shape index (κ2) is 2.06. The van der Waals surface area contributed by atoms with Crippen molar-refractivity contribution in [3.05, 3.63) is 29.6 Å². The molecule has 0 unspecified atom stereocenters. The Labute approximate surface area is 59.9 Å². The molecular weight excluding hydrogens is 126 g/mol. The van der Waals surface area contributed by atoms with E-state index in [2.05, 4.69) is 11.1 Å². The molecule has 1 aliphatic heterocycles. The molecule has 1 aliphatic rings. The van der Waals surface area contributed by atoms with E-state index in [1.54, 1.807) is 0 Å². The standard InChI is InChI=1S/C8H9NO/c1-6-2-7(4-9-3-6)8-5-10-8/h2-4,8H,5H2,1H3/t8-/m1/s1. The van der Waals surface area contributed by atoms with E-state index in [9.17, 15) is 0 Å². The second-order valence-corrected chi connectivity index (χ2v) is 2.62. The van der Waals surface area contributed by atoms with E-state index in [0.29, 0.717) is 6.10 Å². The SMILES string of the molecule is Cc1cncc([C@H]2CO2)c1. The molecule has 0 radical (unpaired) electrons. The van der Waals surface area contributed by atoms with Crippen LogP contribution in [0.25, 0.3) is 0 Å². The Kier molecular flexibility index (Phi) is 1.21. The van der Waals surface area contributed by atoms with Crippen LogP contribution in [0.4, 0.5) is 0 Å². The van der Waals surface area contributed by atoms with Crippen LogP contribution >= 0.6 is 0 Å². The Morgan fingerprint density at radius 3 is 3.00 bits per heavy atom. The van der Waals surface area contributed by atoms with Crippen molar-refractivity contribution in [3.63, 3.8) is 0 Å². The van der Waals surface area contributed by atoms with Gasteiger partial charge in [0.25, 0.3) is 0 Å². The van der Waals surface area contributed by atoms with Gasteiger partial charge in [-0.2, -0.15) is 0 Å². The summed E-state index contributed by atoms with van der Waals surface area (Å²) in [6, 6.07) is 2.12. The fourth-order valence-corrected chi connectivity index (χ4v) is 0.995. The van der Waals surface area contributed by atoms with Gasteiger partial charge in [-0.15, -0.1) is 0 Å². The lowest BCUT2D eigenvalue weighted by atomic mass is 10.2. The van der Waals surface area contributed by atoms with Gasteiger partial charge in [0.05, 0.1) is 6.61 Å². The molecule has 0 amide bonds. The minimum absolute atomic E-state index is 0.340. The van der Waals surface area contributed by atoms with Crippen molar-refractivity contribution >= 4 is 0 Å². The van der Waals surface area contributed by atoms with E-state index in [4.69, 9.17) is 4.74 Å². The Balaban J connectivity index is 2.32. The largest absolute Gasteiger partial charge is 0.368 e. The lowest BCUT2D eigenvalue weighted by Crippen LogP contribution is -1.83. The predicted octanol–water partition coefficient (Wildman–Crippen LogP) is 1.46. The van der Waals surface area contributed by atoms with Gasteiger partial charge in [-0.1, -0.05) is 6.07 Å². The van der Waals surface area contributed by atoms with Crippen LogP contribution in [0.3, 0.4) is 0 Å². The van der Waals surface area contributed by atoms with Gasteiger partial charge in [0, 0.05) is 18.0 Å². The lowest BCUT2D eigenvalue weighted by molar-refractivity contribution is 0.415. The maximum absolute atomic E-state index is 5.11. The zero-order valence-electron chi connectivity index (χ0n) is 5.87. The normalized spacial score (nSPS) is 22.7. The number of pyridine rings is 1. The van der Waals surface area contributed by atoms with E-state index in [-0.39, 0.29) is 0 Å². The maximum Gasteiger partial charge on any atom is 0.107 e. The van der Waals surface area contributed by atoms with Crippen LogP contribution in [-0.2, 0) is 4.74 Å². The number of ether oxygens (including phenoxy) is 1. The highest BCUT2D eigenvalue weighted by atomic mass is 16.6. The molecule has 1 saturated heterocycles. The average Bonchev–Trinajstić information content (AvgIpc) is 2.68. The third-order valence-corrected chi connectivity index (χ3v) is 1.60. The second-order valence-electron chi connectivity index (χ2n) is 2.62. The summed E-state index contributed by atoms with van der Waals surface area (Å²) in [5, 5.41) is 0. The minimum atomic E-state index is 0.340. The topological polar surface area (TPSA) is 25.4 Å². The third-order valence-electron chi connectivity index (χ3n) is 1.60. The molecule has 2 heterocycles. The van der Waals surface area contributed by atoms with E-state index >= 15 is 0 Å². The van der Waals surface area contributed by atoms with Gasteiger partial charge < -0.3 is 4.74 Å². The highest BCUT2D eigenvalue weighted by Gasteiger charge is 2.24. The third kappa shape index (κ3) is 1.02. The number of aryl methyl sites for hydroxylation is 1. The summed E-state index contributed by atoms with van der Waals surface area (Å²) in [5.41, 5.74) is 2.41. The van der Waals surface area contributed by atoms with Gasteiger partial charge in [-0.05, 0) is 12.5 Å². The number of nitrogens with zero attached hydrogens (tertiary/aromatic N) is 1. The van der Waals surface area contributed by atoms with Crippen molar-refractivity contribution in [2.24, 2.45) is 0 Å². The number of rotatable bonds is 1. The zero-order valence-corrected chi connectivity index (χ0v) is 5.87.